The number of ether oxygens (including phenoxy) is 3. The lowest BCUT2D eigenvalue weighted by Gasteiger charge is -2.22. The summed E-state index contributed by atoms with van der Waals surface area (Å²) in [4.78, 5) is 11.7. The smallest absolute Gasteiger partial charge is 0.429 e. The van der Waals surface area contributed by atoms with Gasteiger partial charge in [0, 0.05) is 6.42 Å². The van der Waals surface area contributed by atoms with E-state index in [2.05, 4.69) is 19.1 Å². The zero-order valence-corrected chi connectivity index (χ0v) is 12.6. The Morgan fingerprint density at radius 3 is 2.63 bits per heavy atom. The quantitative estimate of drug-likeness (QED) is 0.575. The zero-order chi connectivity index (χ0) is 14.5. The highest BCUT2D eigenvalue weighted by atomic mass is 16.7. The van der Waals surface area contributed by atoms with Gasteiger partial charge in [0.05, 0.1) is 12.2 Å². The summed E-state index contributed by atoms with van der Waals surface area (Å²) in [6.07, 6.45) is 5.89. The monoisotopic (exact) mass is 270 g/mol. The van der Waals surface area contributed by atoms with Crippen molar-refractivity contribution in [2.45, 2.75) is 77.8 Å². The maximum Gasteiger partial charge on any atom is 0.509 e. The van der Waals surface area contributed by atoms with Crippen molar-refractivity contribution in [1.29, 1.82) is 0 Å². The van der Waals surface area contributed by atoms with Gasteiger partial charge in [-0.05, 0) is 40.5 Å². The molecular formula is C15H26O4. The largest absolute Gasteiger partial charge is 0.509 e. The Hall–Kier alpha value is -1.03. The van der Waals surface area contributed by atoms with E-state index in [1.165, 1.54) is 0 Å². The molecule has 0 spiro atoms. The molecule has 0 aromatic rings. The van der Waals surface area contributed by atoms with Gasteiger partial charge in [0.1, 0.15) is 11.7 Å². The third-order valence-corrected chi connectivity index (χ3v) is 2.79. The molecule has 1 fully saturated rings. The molecule has 0 unspecified atom stereocenters. The number of allylic oxidation sites excluding steroid dienone is 1. The zero-order valence-electron chi connectivity index (χ0n) is 12.6. The molecule has 0 amide bonds. The lowest BCUT2D eigenvalue weighted by molar-refractivity contribution is -0.0463. The molecule has 0 aromatic carbocycles. The molecule has 0 radical (unpaired) electrons. The molecule has 1 saturated heterocycles. The van der Waals surface area contributed by atoms with Gasteiger partial charge in [-0.25, -0.2) is 4.79 Å². The molecule has 0 N–H and O–H groups in total. The predicted molar refractivity (Wildman–Crippen MR) is 74.1 cm³/mol. The van der Waals surface area contributed by atoms with Gasteiger partial charge < -0.3 is 14.2 Å². The van der Waals surface area contributed by atoms with Crippen molar-refractivity contribution in [3.8, 4) is 0 Å². The molecule has 3 atom stereocenters. The van der Waals surface area contributed by atoms with E-state index in [0.717, 1.165) is 19.3 Å². The molecule has 4 nitrogen and oxygen atoms in total. The van der Waals surface area contributed by atoms with Gasteiger partial charge in [-0.2, -0.15) is 0 Å². The highest BCUT2D eigenvalue weighted by Crippen LogP contribution is 2.26. The summed E-state index contributed by atoms with van der Waals surface area (Å²) >= 11 is 0. The van der Waals surface area contributed by atoms with E-state index < -0.39 is 11.8 Å². The minimum absolute atomic E-state index is 0.0645. The van der Waals surface area contributed by atoms with E-state index in [0.29, 0.717) is 0 Å². The summed E-state index contributed by atoms with van der Waals surface area (Å²) in [5.41, 5.74) is -0.528. The van der Waals surface area contributed by atoms with Crippen LogP contribution in [0.15, 0.2) is 12.2 Å². The van der Waals surface area contributed by atoms with Crippen molar-refractivity contribution in [1.82, 2.24) is 0 Å². The first-order valence-corrected chi connectivity index (χ1v) is 7.02. The minimum Gasteiger partial charge on any atom is -0.429 e. The van der Waals surface area contributed by atoms with E-state index in [-0.39, 0.29) is 18.3 Å². The second kappa shape index (κ2) is 6.94. The third-order valence-electron chi connectivity index (χ3n) is 2.79. The maximum atomic E-state index is 11.7. The molecule has 0 aromatic heterocycles. The van der Waals surface area contributed by atoms with Crippen molar-refractivity contribution in [3.63, 3.8) is 0 Å². The Kier molecular flexibility index (Phi) is 5.85. The molecule has 19 heavy (non-hydrogen) atoms. The summed E-state index contributed by atoms with van der Waals surface area (Å²) in [5, 5.41) is 0. The maximum absolute atomic E-state index is 11.7. The van der Waals surface area contributed by atoms with Crippen molar-refractivity contribution in [2.24, 2.45) is 0 Å². The summed E-state index contributed by atoms with van der Waals surface area (Å²) in [5.74, 6) is 0. The second-order valence-electron chi connectivity index (χ2n) is 5.96. The van der Waals surface area contributed by atoms with Crippen LogP contribution in [0.25, 0.3) is 0 Å². The van der Waals surface area contributed by atoms with Crippen LogP contribution in [0.5, 0.6) is 0 Å². The van der Waals surface area contributed by atoms with Gasteiger partial charge >= 0.3 is 6.16 Å². The van der Waals surface area contributed by atoms with Crippen LogP contribution in [0.1, 0.15) is 53.9 Å². The fourth-order valence-corrected chi connectivity index (χ4v) is 2.05. The first-order valence-electron chi connectivity index (χ1n) is 7.02. The normalized spacial score (nSPS) is 27.7. The van der Waals surface area contributed by atoms with Gasteiger partial charge in [0.15, 0.2) is 0 Å². The second-order valence-corrected chi connectivity index (χ2v) is 5.96. The number of rotatable bonds is 4. The van der Waals surface area contributed by atoms with E-state index in [9.17, 15) is 4.79 Å². The molecule has 1 aliphatic heterocycles. The molecule has 4 heteroatoms. The molecule has 1 heterocycles. The van der Waals surface area contributed by atoms with Crippen LogP contribution >= 0.6 is 0 Å². The molecule has 0 saturated carbocycles. The Morgan fingerprint density at radius 1 is 1.37 bits per heavy atom. The van der Waals surface area contributed by atoms with Crippen LogP contribution in [0.4, 0.5) is 4.79 Å². The lowest BCUT2D eigenvalue weighted by Crippen LogP contribution is -2.31. The van der Waals surface area contributed by atoms with Gasteiger partial charge in [0.2, 0.25) is 0 Å². The number of carbonyl (C=O) groups is 1. The average Bonchev–Trinajstić information content (AvgIpc) is 2.56. The van der Waals surface area contributed by atoms with Gasteiger partial charge in [-0.15, -0.1) is 0 Å². The molecule has 1 aliphatic rings. The van der Waals surface area contributed by atoms with Crippen molar-refractivity contribution >= 4 is 6.16 Å². The Bertz CT molecular complexity index is 317. The first-order chi connectivity index (χ1) is 8.81. The SMILES string of the molecule is CC/C=C\C[C@@H]1O[C@H](C)C[C@@H]1OC(=O)OC(C)(C)C. The molecule has 0 bridgehead atoms. The fourth-order valence-electron chi connectivity index (χ4n) is 2.05. The van der Waals surface area contributed by atoms with E-state index in [1.807, 2.05) is 27.7 Å². The number of carbonyl (C=O) groups excluding carboxylic acids is 1. The fraction of sp³-hybridized carbons (Fsp3) is 0.800. The third kappa shape index (κ3) is 6.10. The van der Waals surface area contributed by atoms with Crippen molar-refractivity contribution < 1.29 is 19.0 Å². The van der Waals surface area contributed by atoms with Crippen LogP contribution in [-0.2, 0) is 14.2 Å². The van der Waals surface area contributed by atoms with Gasteiger partial charge in [-0.1, -0.05) is 19.1 Å². The van der Waals surface area contributed by atoms with E-state index in [1.54, 1.807) is 0 Å². The topological polar surface area (TPSA) is 44.8 Å². The van der Waals surface area contributed by atoms with Crippen molar-refractivity contribution in [3.05, 3.63) is 12.2 Å². The van der Waals surface area contributed by atoms with E-state index in [4.69, 9.17) is 14.2 Å². The summed E-state index contributed by atoms with van der Waals surface area (Å²) in [7, 11) is 0. The van der Waals surface area contributed by atoms with Crippen LogP contribution in [0, 0.1) is 0 Å². The number of hydrogen-bond acceptors (Lipinski definition) is 4. The Morgan fingerprint density at radius 2 is 2.05 bits per heavy atom. The van der Waals surface area contributed by atoms with Crippen molar-refractivity contribution in [2.75, 3.05) is 0 Å². The van der Waals surface area contributed by atoms with E-state index >= 15 is 0 Å². The predicted octanol–water partition coefficient (Wildman–Crippen LogP) is 3.84. The molecule has 110 valence electrons. The summed E-state index contributed by atoms with van der Waals surface area (Å²) < 4.78 is 16.3. The van der Waals surface area contributed by atoms with Crippen LogP contribution in [0.2, 0.25) is 0 Å². The minimum atomic E-state index is -0.611. The average molecular weight is 270 g/mol. The Balaban J connectivity index is 2.49. The van der Waals surface area contributed by atoms with Crippen LogP contribution in [-0.4, -0.2) is 30.1 Å². The van der Waals surface area contributed by atoms with Gasteiger partial charge in [-0.3, -0.25) is 0 Å². The highest BCUT2D eigenvalue weighted by Gasteiger charge is 2.36. The highest BCUT2D eigenvalue weighted by molar-refractivity contribution is 5.60. The summed E-state index contributed by atoms with van der Waals surface area (Å²) in [6.45, 7) is 9.55. The Labute approximate surface area is 116 Å². The molecule has 1 rings (SSSR count). The molecule has 0 aliphatic carbocycles. The standard InChI is InChI=1S/C15H26O4/c1-6-7-8-9-12-13(10-11(2)17-12)18-14(16)19-15(3,4)5/h7-8,11-13H,6,9-10H2,1-5H3/b8-7-/t11-,12+,13+/m1/s1. The molecular weight excluding hydrogens is 244 g/mol. The van der Waals surface area contributed by atoms with Crippen LogP contribution in [0.3, 0.4) is 0 Å². The number of hydrogen-bond donors (Lipinski definition) is 0. The lowest BCUT2D eigenvalue weighted by atomic mass is 10.1. The first kappa shape index (κ1) is 16.0. The van der Waals surface area contributed by atoms with Crippen LogP contribution < -0.4 is 0 Å². The van der Waals surface area contributed by atoms with Gasteiger partial charge in [0.25, 0.3) is 0 Å². The summed E-state index contributed by atoms with van der Waals surface area (Å²) in [6, 6.07) is 0.